The Kier molecular flexibility index (Phi) is 5.18. The van der Waals surface area contributed by atoms with Gasteiger partial charge in [0.05, 0.1) is 16.6 Å². The van der Waals surface area contributed by atoms with Gasteiger partial charge in [0.15, 0.2) is 6.61 Å². The van der Waals surface area contributed by atoms with Crippen LogP contribution in [0.1, 0.15) is 17.3 Å². The summed E-state index contributed by atoms with van der Waals surface area (Å²) in [7, 11) is 0. The molecular formula is C16H15BrO3. The van der Waals surface area contributed by atoms with Crippen LogP contribution < -0.4 is 9.47 Å². The molecule has 104 valence electrons. The average molecular weight is 335 g/mol. The monoisotopic (exact) mass is 334 g/mol. The van der Waals surface area contributed by atoms with Crippen molar-refractivity contribution in [3.8, 4) is 11.5 Å². The van der Waals surface area contributed by atoms with E-state index in [1.807, 2.05) is 43.3 Å². The number of rotatable bonds is 6. The van der Waals surface area contributed by atoms with Crippen LogP contribution in [0.4, 0.5) is 0 Å². The Labute approximate surface area is 126 Å². The summed E-state index contributed by atoms with van der Waals surface area (Å²) < 4.78 is 11.8. The maximum Gasteiger partial charge on any atom is 0.203 e. The van der Waals surface area contributed by atoms with Gasteiger partial charge in [0.2, 0.25) is 5.78 Å². The molecule has 2 rings (SSSR count). The predicted molar refractivity (Wildman–Crippen MR) is 81.6 cm³/mol. The Balaban J connectivity index is 2.07. The number of para-hydroxylation sites is 2. The van der Waals surface area contributed by atoms with Crippen molar-refractivity contribution in [2.24, 2.45) is 0 Å². The maximum atomic E-state index is 12.2. The summed E-state index contributed by atoms with van der Waals surface area (Å²) >= 11 is 3.38. The number of Topliss-reactive ketones (excluding diaryl/α,β-unsaturated/α-hetero) is 1. The molecule has 0 saturated carbocycles. The molecule has 0 aromatic heterocycles. The molecular weight excluding hydrogens is 320 g/mol. The quantitative estimate of drug-likeness (QED) is 0.746. The van der Waals surface area contributed by atoms with Crippen LogP contribution in [0, 0.1) is 0 Å². The zero-order valence-corrected chi connectivity index (χ0v) is 12.7. The van der Waals surface area contributed by atoms with Crippen LogP contribution in [0.15, 0.2) is 53.0 Å². The zero-order chi connectivity index (χ0) is 14.4. The third-order valence-electron chi connectivity index (χ3n) is 2.68. The van der Waals surface area contributed by atoms with E-state index in [0.29, 0.717) is 23.7 Å². The number of benzene rings is 2. The van der Waals surface area contributed by atoms with Gasteiger partial charge in [0.1, 0.15) is 11.5 Å². The molecule has 0 spiro atoms. The van der Waals surface area contributed by atoms with Crippen molar-refractivity contribution in [1.29, 1.82) is 0 Å². The number of ketones is 1. The van der Waals surface area contributed by atoms with E-state index < -0.39 is 0 Å². The smallest absolute Gasteiger partial charge is 0.203 e. The van der Waals surface area contributed by atoms with Gasteiger partial charge < -0.3 is 9.47 Å². The van der Waals surface area contributed by atoms with Gasteiger partial charge in [-0.15, -0.1) is 0 Å². The summed E-state index contributed by atoms with van der Waals surface area (Å²) in [6.45, 7) is 2.39. The first kappa shape index (κ1) is 14.6. The van der Waals surface area contributed by atoms with Gasteiger partial charge in [0, 0.05) is 0 Å². The molecule has 2 aromatic rings. The largest absolute Gasteiger partial charge is 0.493 e. The summed E-state index contributed by atoms with van der Waals surface area (Å²) in [5.41, 5.74) is 0.543. The lowest BCUT2D eigenvalue weighted by Crippen LogP contribution is -2.13. The van der Waals surface area contributed by atoms with Crippen molar-refractivity contribution in [1.82, 2.24) is 0 Å². The van der Waals surface area contributed by atoms with E-state index in [1.165, 1.54) is 0 Å². The Bertz CT molecular complexity index is 596. The van der Waals surface area contributed by atoms with E-state index in [4.69, 9.17) is 9.47 Å². The molecule has 20 heavy (non-hydrogen) atoms. The topological polar surface area (TPSA) is 35.5 Å². The van der Waals surface area contributed by atoms with Crippen LogP contribution in [0.25, 0.3) is 0 Å². The van der Waals surface area contributed by atoms with Crippen LogP contribution >= 0.6 is 15.9 Å². The fourth-order valence-corrected chi connectivity index (χ4v) is 2.16. The highest BCUT2D eigenvalue weighted by atomic mass is 79.9. The summed E-state index contributed by atoms with van der Waals surface area (Å²) in [5.74, 6) is 1.13. The summed E-state index contributed by atoms with van der Waals surface area (Å²) in [6.07, 6.45) is 0. The number of carbonyl (C=O) groups is 1. The number of ether oxygens (including phenoxy) is 2. The Morgan fingerprint density at radius 2 is 1.65 bits per heavy atom. The highest BCUT2D eigenvalue weighted by Crippen LogP contribution is 2.24. The second-order valence-corrected chi connectivity index (χ2v) is 4.93. The van der Waals surface area contributed by atoms with Crippen molar-refractivity contribution in [2.45, 2.75) is 6.92 Å². The van der Waals surface area contributed by atoms with Gasteiger partial charge in [-0.3, -0.25) is 4.79 Å². The van der Waals surface area contributed by atoms with Gasteiger partial charge in [-0.25, -0.2) is 0 Å². The molecule has 0 bridgehead atoms. The number of halogens is 1. The molecule has 0 saturated heterocycles. The molecule has 0 aliphatic rings. The van der Waals surface area contributed by atoms with Crippen molar-refractivity contribution in [3.63, 3.8) is 0 Å². The molecule has 0 atom stereocenters. The first-order valence-corrected chi connectivity index (χ1v) is 7.14. The van der Waals surface area contributed by atoms with E-state index in [-0.39, 0.29) is 12.4 Å². The molecule has 0 aliphatic heterocycles. The lowest BCUT2D eigenvalue weighted by atomic mass is 10.1. The van der Waals surface area contributed by atoms with Crippen molar-refractivity contribution >= 4 is 21.7 Å². The van der Waals surface area contributed by atoms with Gasteiger partial charge in [-0.2, -0.15) is 0 Å². The van der Waals surface area contributed by atoms with Crippen LogP contribution in [-0.2, 0) is 0 Å². The first-order chi connectivity index (χ1) is 9.72. The van der Waals surface area contributed by atoms with Gasteiger partial charge in [0.25, 0.3) is 0 Å². The molecule has 0 unspecified atom stereocenters. The minimum absolute atomic E-state index is 0.0211. The van der Waals surface area contributed by atoms with E-state index in [0.717, 1.165) is 4.47 Å². The third-order valence-corrected chi connectivity index (χ3v) is 3.34. The van der Waals surface area contributed by atoms with E-state index >= 15 is 0 Å². The highest BCUT2D eigenvalue weighted by Gasteiger charge is 2.13. The number of carbonyl (C=O) groups excluding carboxylic acids is 1. The molecule has 0 heterocycles. The fraction of sp³-hybridized carbons (Fsp3) is 0.188. The van der Waals surface area contributed by atoms with Crippen molar-refractivity contribution in [2.75, 3.05) is 13.2 Å². The summed E-state index contributed by atoms with van der Waals surface area (Å²) in [6, 6.07) is 14.6. The molecule has 0 fully saturated rings. The predicted octanol–water partition coefficient (Wildman–Crippen LogP) is 4.11. The third kappa shape index (κ3) is 3.61. The van der Waals surface area contributed by atoms with Gasteiger partial charge in [-0.1, -0.05) is 24.3 Å². The molecule has 0 amide bonds. The first-order valence-electron chi connectivity index (χ1n) is 6.34. The van der Waals surface area contributed by atoms with Crippen LogP contribution in [0.2, 0.25) is 0 Å². The molecule has 4 heteroatoms. The SMILES string of the molecule is CCOc1ccccc1C(=O)COc1ccccc1Br. The second kappa shape index (κ2) is 7.10. The fourth-order valence-electron chi connectivity index (χ4n) is 1.76. The van der Waals surface area contributed by atoms with Crippen LogP contribution in [0.5, 0.6) is 11.5 Å². The van der Waals surface area contributed by atoms with E-state index in [1.54, 1.807) is 12.1 Å². The molecule has 0 N–H and O–H groups in total. The van der Waals surface area contributed by atoms with Gasteiger partial charge >= 0.3 is 0 Å². The molecule has 0 radical (unpaired) electrons. The number of hydrogen-bond donors (Lipinski definition) is 0. The molecule has 0 aliphatic carbocycles. The number of hydrogen-bond acceptors (Lipinski definition) is 3. The summed E-state index contributed by atoms with van der Waals surface area (Å²) in [5, 5.41) is 0. The Morgan fingerprint density at radius 3 is 2.35 bits per heavy atom. The molecule has 3 nitrogen and oxygen atoms in total. The lowest BCUT2D eigenvalue weighted by Gasteiger charge is -2.10. The van der Waals surface area contributed by atoms with Crippen LogP contribution in [0.3, 0.4) is 0 Å². The Hall–Kier alpha value is -1.81. The van der Waals surface area contributed by atoms with Crippen molar-refractivity contribution < 1.29 is 14.3 Å². The standard InChI is InChI=1S/C16H15BrO3/c1-2-19-15-9-5-3-7-12(15)14(18)11-20-16-10-6-4-8-13(16)17/h3-10H,2,11H2,1H3. The van der Waals surface area contributed by atoms with Gasteiger partial charge in [-0.05, 0) is 47.1 Å². The van der Waals surface area contributed by atoms with E-state index in [2.05, 4.69) is 15.9 Å². The normalized spacial score (nSPS) is 10.1. The zero-order valence-electron chi connectivity index (χ0n) is 11.1. The Morgan fingerprint density at radius 1 is 1.00 bits per heavy atom. The second-order valence-electron chi connectivity index (χ2n) is 4.07. The molecule has 2 aromatic carbocycles. The minimum Gasteiger partial charge on any atom is -0.493 e. The summed E-state index contributed by atoms with van der Waals surface area (Å²) in [4.78, 5) is 12.2. The average Bonchev–Trinajstić information content (AvgIpc) is 2.47. The van der Waals surface area contributed by atoms with Crippen LogP contribution in [-0.4, -0.2) is 19.0 Å². The minimum atomic E-state index is -0.107. The highest BCUT2D eigenvalue weighted by molar-refractivity contribution is 9.10. The van der Waals surface area contributed by atoms with Crippen molar-refractivity contribution in [3.05, 3.63) is 58.6 Å². The lowest BCUT2D eigenvalue weighted by molar-refractivity contribution is 0.0917. The van der Waals surface area contributed by atoms with E-state index in [9.17, 15) is 4.79 Å². The maximum absolute atomic E-state index is 12.2.